The molecule has 0 radical (unpaired) electrons. The van der Waals surface area contributed by atoms with Crippen molar-refractivity contribution >= 4 is 0 Å². The summed E-state index contributed by atoms with van der Waals surface area (Å²) in [6.45, 7) is 9.55. The van der Waals surface area contributed by atoms with Crippen LogP contribution in [0.4, 0.5) is 0 Å². The maximum atomic E-state index is 5.20. The Hall–Kier alpha value is -1.06. The van der Waals surface area contributed by atoms with Crippen molar-refractivity contribution < 1.29 is 4.74 Å². The van der Waals surface area contributed by atoms with Gasteiger partial charge in [-0.1, -0.05) is 12.1 Å². The Kier molecular flexibility index (Phi) is 6.16. The van der Waals surface area contributed by atoms with E-state index in [2.05, 4.69) is 43.5 Å². The van der Waals surface area contributed by atoms with Crippen molar-refractivity contribution in [2.75, 3.05) is 20.2 Å². The van der Waals surface area contributed by atoms with Gasteiger partial charge in [0.1, 0.15) is 5.75 Å². The van der Waals surface area contributed by atoms with Crippen LogP contribution in [0.15, 0.2) is 24.3 Å². The highest BCUT2D eigenvalue weighted by atomic mass is 16.5. The molecule has 0 aliphatic carbocycles. The Morgan fingerprint density at radius 3 is 2.61 bits per heavy atom. The second-order valence-electron chi connectivity index (χ2n) is 5.56. The number of ether oxygens (including phenoxy) is 1. The van der Waals surface area contributed by atoms with E-state index in [4.69, 9.17) is 4.74 Å². The molecule has 0 saturated heterocycles. The molecule has 1 aromatic carbocycles. The summed E-state index contributed by atoms with van der Waals surface area (Å²) in [5.74, 6) is 0.920. The van der Waals surface area contributed by atoms with Gasteiger partial charge in [-0.05, 0) is 58.0 Å². The van der Waals surface area contributed by atoms with E-state index in [1.165, 1.54) is 5.56 Å². The molecule has 0 saturated carbocycles. The largest absolute Gasteiger partial charge is 0.497 e. The minimum absolute atomic E-state index is 0.215. The summed E-state index contributed by atoms with van der Waals surface area (Å²) in [6.07, 6.45) is 1.14. The average molecular weight is 250 g/mol. The highest BCUT2D eigenvalue weighted by molar-refractivity contribution is 5.28. The number of benzene rings is 1. The Bertz CT molecular complexity index is 345. The second kappa shape index (κ2) is 7.39. The molecule has 0 unspecified atom stereocenters. The molecule has 3 heteroatoms. The van der Waals surface area contributed by atoms with Crippen molar-refractivity contribution in [2.24, 2.45) is 0 Å². The second-order valence-corrected chi connectivity index (χ2v) is 5.56. The molecule has 0 aliphatic heterocycles. The molecule has 102 valence electrons. The Morgan fingerprint density at radius 2 is 1.94 bits per heavy atom. The molecule has 0 aliphatic rings. The van der Waals surface area contributed by atoms with E-state index in [0.717, 1.165) is 31.8 Å². The van der Waals surface area contributed by atoms with E-state index >= 15 is 0 Å². The lowest BCUT2D eigenvalue weighted by atomic mass is 10.1. The third-order valence-electron chi connectivity index (χ3n) is 2.65. The normalized spacial score (nSPS) is 11.6. The SMILES string of the molecule is COc1cccc(CNCCCNC(C)(C)C)c1. The van der Waals surface area contributed by atoms with Crippen molar-refractivity contribution in [3.63, 3.8) is 0 Å². The van der Waals surface area contributed by atoms with Gasteiger partial charge in [0, 0.05) is 12.1 Å². The molecule has 0 atom stereocenters. The number of hydrogen-bond acceptors (Lipinski definition) is 3. The lowest BCUT2D eigenvalue weighted by Gasteiger charge is -2.20. The first-order chi connectivity index (χ1) is 8.51. The molecule has 0 spiro atoms. The molecule has 0 heterocycles. The highest BCUT2D eigenvalue weighted by Crippen LogP contribution is 2.11. The highest BCUT2D eigenvalue weighted by Gasteiger charge is 2.06. The molecule has 2 N–H and O–H groups in total. The van der Waals surface area contributed by atoms with Gasteiger partial charge in [0.2, 0.25) is 0 Å². The lowest BCUT2D eigenvalue weighted by molar-refractivity contribution is 0.413. The van der Waals surface area contributed by atoms with Gasteiger partial charge in [0.25, 0.3) is 0 Å². The van der Waals surface area contributed by atoms with Gasteiger partial charge >= 0.3 is 0 Å². The summed E-state index contributed by atoms with van der Waals surface area (Å²) in [6, 6.07) is 8.18. The zero-order chi connectivity index (χ0) is 13.4. The third-order valence-corrected chi connectivity index (χ3v) is 2.65. The van der Waals surface area contributed by atoms with Crippen molar-refractivity contribution in [1.82, 2.24) is 10.6 Å². The van der Waals surface area contributed by atoms with Crippen LogP contribution in [0.3, 0.4) is 0 Å². The molecular weight excluding hydrogens is 224 g/mol. The van der Waals surface area contributed by atoms with Gasteiger partial charge in [-0.3, -0.25) is 0 Å². The van der Waals surface area contributed by atoms with Crippen LogP contribution in [-0.2, 0) is 6.54 Å². The summed E-state index contributed by atoms with van der Waals surface area (Å²) in [4.78, 5) is 0. The molecule has 18 heavy (non-hydrogen) atoms. The van der Waals surface area contributed by atoms with E-state index in [1.807, 2.05) is 12.1 Å². The summed E-state index contributed by atoms with van der Waals surface area (Å²) < 4.78 is 5.20. The first-order valence-electron chi connectivity index (χ1n) is 6.60. The molecule has 1 aromatic rings. The van der Waals surface area contributed by atoms with Crippen molar-refractivity contribution in [1.29, 1.82) is 0 Å². The van der Waals surface area contributed by atoms with E-state index < -0.39 is 0 Å². The molecular formula is C15H26N2O. The molecule has 0 aromatic heterocycles. The third kappa shape index (κ3) is 6.62. The first-order valence-corrected chi connectivity index (χ1v) is 6.60. The molecule has 3 nitrogen and oxygen atoms in total. The zero-order valence-electron chi connectivity index (χ0n) is 12.0. The maximum Gasteiger partial charge on any atom is 0.119 e. The van der Waals surface area contributed by atoms with Crippen molar-refractivity contribution in [3.05, 3.63) is 29.8 Å². The standard InChI is InChI=1S/C15H26N2O/c1-15(2,3)17-10-6-9-16-12-13-7-5-8-14(11-13)18-4/h5,7-8,11,16-17H,6,9-10,12H2,1-4H3. The van der Waals surface area contributed by atoms with Crippen LogP contribution >= 0.6 is 0 Å². The monoisotopic (exact) mass is 250 g/mol. The van der Waals surface area contributed by atoms with E-state index in [9.17, 15) is 0 Å². The summed E-state index contributed by atoms with van der Waals surface area (Å²) in [5, 5.41) is 6.92. The summed E-state index contributed by atoms with van der Waals surface area (Å²) >= 11 is 0. The van der Waals surface area contributed by atoms with Gasteiger partial charge in [-0.2, -0.15) is 0 Å². The van der Waals surface area contributed by atoms with Gasteiger partial charge < -0.3 is 15.4 Å². The molecule has 0 amide bonds. The quantitative estimate of drug-likeness (QED) is 0.730. The zero-order valence-corrected chi connectivity index (χ0v) is 12.0. The fraction of sp³-hybridized carbons (Fsp3) is 0.600. The van der Waals surface area contributed by atoms with Crippen LogP contribution in [0, 0.1) is 0 Å². The molecule has 1 rings (SSSR count). The predicted octanol–water partition coefficient (Wildman–Crippen LogP) is 2.56. The lowest BCUT2D eigenvalue weighted by Crippen LogP contribution is -2.37. The van der Waals surface area contributed by atoms with Crippen LogP contribution in [-0.4, -0.2) is 25.7 Å². The van der Waals surface area contributed by atoms with Crippen LogP contribution in [0.25, 0.3) is 0 Å². The number of methoxy groups -OCH3 is 1. The van der Waals surface area contributed by atoms with E-state index in [1.54, 1.807) is 7.11 Å². The maximum absolute atomic E-state index is 5.20. The number of nitrogens with one attached hydrogen (secondary N) is 2. The van der Waals surface area contributed by atoms with Crippen molar-refractivity contribution in [2.45, 2.75) is 39.3 Å². The molecule has 0 bridgehead atoms. The Labute approximate surface area is 111 Å². The molecule has 0 fully saturated rings. The fourth-order valence-corrected chi connectivity index (χ4v) is 1.69. The number of rotatable bonds is 7. The Morgan fingerprint density at radius 1 is 1.17 bits per heavy atom. The minimum atomic E-state index is 0.215. The fourth-order valence-electron chi connectivity index (χ4n) is 1.69. The van der Waals surface area contributed by atoms with Gasteiger partial charge in [0.05, 0.1) is 7.11 Å². The topological polar surface area (TPSA) is 33.3 Å². The smallest absolute Gasteiger partial charge is 0.119 e. The summed E-state index contributed by atoms with van der Waals surface area (Å²) in [7, 11) is 1.70. The van der Waals surface area contributed by atoms with Gasteiger partial charge in [-0.15, -0.1) is 0 Å². The van der Waals surface area contributed by atoms with Gasteiger partial charge in [-0.25, -0.2) is 0 Å². The summed E-state index contributed by atoms with van der Waals surface area (Å²) in [5.41, 5.74) is 1.48. The number of hydrogen-bond donors (Lipinski definition) is 2. The van der Waals surface area contributed by atoms with Gasteiger partial charge in [0.15, 0.2) is 0 Å². The first kappa shape index (κ1) is 15.0. The van der Waals surface area contributed by atoms with E-state index in [0.29, 0.717) is 0 Å². The van der Waals surface area contributed by atoms with Crippen LogP contribution in [0.2, 0.25) is 0 Å². The van der Waals surface area contributed by atoms with Crippen LogP contribution < -0.4 is 15.4 Å². The average Bonchev–Trinajstić information content (AvgIpc) is 2.32. The van der Waals surface area contributed by atoms with Crippen molar-refractivity contribution in [3.8, 4) is 5.75 Å². The predicted molar refractivity (Wildman–Crippen MR) is 77.1 cm³/mol. The Balaban J connectivity index is 2.14. The van der Waals surface area contributed by atoms with E-state index in [-0.39, 0.29) is 5.54 Å². The van der Waals surface area contributed by atoms with Crippen LogP contribution in [0.5, 0.6) is 5.75 Å². The van der Waals surface area contributed by atoms with Crippen LogP contribution in [0.1, 0.15) is 32.8 Å². The minimum Gasteiger partial charge on any atom is -0.497 e.